The summed E-state index contributed by atoms with van der Waals surface area (Å²) in [4.78, 5) is 12.5. The molecule has 104 valence electrons. The van der Waals surface area contributed by atoms with Crippen molar-refractivity contribution in [3.05, 3.63) is 0 Å². The Morgan fingerprint density at radius 1 is 1.22 bits per heavy atom. The zero-order valence-electron chi connectivity index (χ0n) is 11.7. The van der Waals surface area contributed by atoms with Gasteiger partial charge in [-0.15, -0.1) is 0 Å². The van der Waals surface area contributed by atoms with Gasteiger partial charge in [-0.3, -0.25) is 4.79 Å². The average Bonchev–Trinajstić information content (AvgIpc) is 2.22. The first-order valence-corrected chi connectivity index (χ1v) is 7.76. The molecule has 0 aromatic rings. The average molecular weight is 252 g/mol. The van der Waals surface area contributed by atoms with Crippen molar-refractivity contribution in [2.24, 2.45) is 23.5 Å². The highest BCUT2D eigenvalue weighted by atomic mass is 16.2. The second-order valence-electron chi connectivity index (χ2n) is 6.10. The van der Waals surface area contributed by atoms with Crippen LogP contribution >= 0.6 is 0 Å². The Morgan fingerprint density at radius 3 is 2.11 bits per heavy atom. The maximum Gasteiger partial charge on any atom is 0.223 e. The number of rotatable bonds is 7. The van der Waals surface area contributed by atoms with Crippen molar-refractivity contribution in [2.75, 3.05) is 6.54 Å². The quantitative estimate of drug-likeness (QED) is 0.731. The third-order valence-electron chi connectivity index (χ3n) is 4.97. The molecule has 0 aliphatic heterocycles. The zero-order chi connectivity index (χ0) is 13.0. The molecule has 2 aliphatic rings. The van der Waals surface area contributed by atoms with Gasteiger partial charge < -0.3 is 11.1 Å². The molecule has 3 heteroatoms. The number of hydrogen-bond donors (Lipinski definition) is 2. The van der Waals surface area contributed by atoms with E-state index >= 15 is 0 Å². The van der Waals surface area contributed by atoms with E-state index in [1.807, 2.05) is 0 Å². The molecule has 18 heavy (non-hydrogen) atoms. The van der Waals surface area contributed by atoms with E-state index in [0.717, 1.165) is 12.8 Å². The third kappa shape index (κ3) is 3.05. The highest BCUT2D eigenvalue weighted by molar-refractivity contribution is 5.79. The summed E-state index contributed by atoms with van der Waals surface area (Å²) in [6, 6.07) is 0.283. The Kier molecular flexibility index (Phi) is 5.04. The maximum absolute atomic E-state index is 12.5. The molecule has 0 aromatic carbocycles. The molecular formula is C15H28N2O. The van der Waals surface area contributed by atoms with E-state index < -0.39 is 0 Å². The summed E-state index contributed by atoms with van der Waals surface area (Å²) in [5.74, 6) is 1.97. The van der Waals surface area contributed by atoms with Crippen LogP contribution in [-0.4, -0.2) is 18.5 Å². The largest absolute Gasteiger partial charge is 0.353 e. The fourth-order valence-electron chi connectivity index (χ4n) is 3.29. The summed E-state index contributed by atoms with van der Waals surface area (Å²) in [5.41, 5.74) is 5.60. The van der Waals surface area contributed by atoms with Gasteiger partial charge in [-0.05, 0) is 56.9 Å². The van der Waals surface area contributed by atoms with Gasteiger partial charge in [0.15, 0.2) is 0 Å². The van der Waals surface area contributed by atoms with Crippen molar-refractivity contribution in [2.45, 2.75) is 64.3 Å². The molecule has 3 N–H and O–H groups in total. The van der Waals surface area contributed by atoms with Crippen LogP contribution in [0.25, 0.3) is 0 Å². The van der Waals surface area contributed by atoms with Crippen LogP contribution in [0.4, 0.5) is 0 Å². The van der Waals surface area contributed by atoms with Crippen LogP contribution in [0.2, 0.25) is 0 Å². The van der Waals surface area contributed by atoms with Crippen molar-refractivity contribution in [1.82, 2.24) is 5.32 Å². The first-order chi connectivity index (χ1) is 8.76. The van der Waals surface area contributed by atoms with Gasteiger partial charge in [0, 0.05) is 12.0 Å². The van der Waals surface area contributed by atoms with E-state index in [0.29, 0.717) is 30.2 Å². The van der Waals surface area contributed by atoms with Crippen molar-refractivity contribution in [3.8, 4) is 0 Å². The van der Waals surface area contributed by atoms with E-state index in [4.69, 9.17) is 5.73 Å². The Balaban J connectivity index is 1.89. The molecular weight excluding hydrogens is 224 g/mol. The molecule has 0 aromatic heterocycles. The molecule has 0 heterocycles. The molecule has 2 saturated carbocycles. The normalized spacial score (nSPS) is 22.4. The molecule has 2 rings (SSSR count). The number of carbonyl (C=O) groups excluding carboxylic acids is 1. The predicted molar refractivity (Wildman–Crippen MR) is 74.1 cm³/mol. The highest BCUT2D eigenvalue weighted by Gasteiger charge is 2.40. The molecule has 2 aliphatic carbocycles. The summed E-state index contributed by atoms with van der Waals surface area (Å²) in [6.45, 7) is 2.79. The first kappa shape index (κ1) is 13.9. The summed E-state index contributed by atoms with van der Waals surface area (Å²) >= 11 is 0. The number of hydrogen-bond acceptors (Lipinski definition) is 2. The van der Waals surface area contributed by atoms with Crippen LogP contribution in [0, 0.1) is 17.8 Å². The molecule has 3 nitrogen and oxygen atoms in total. The lowest BCUT2D eigenvalue weighted by molar-refractivity contribution is -0.132. The van der Waals surface area contributed by atoms with E-state index in [9.17, 15) is 4.79 Å². The van der Waals surface area contributed by atoms with Crippen LogP contribution in [-0.2, 0) is 4.79 Å². The first-order valence-electron chi connectivity index (χ1n) is 7.76. The minimum Gasteiger partial charge on any atom is -0.353 e. The molecule has 1 amide bonds. The predicted octanol–water partition coefficient (Wildman–Crippen LogP) is 2.45. The number of carbonyl (C=O) groups is 1. The fraction of sp³-hybridized carbons (Fsp3) is 0.933. The summed E-state index contributed by atoms with van der Waals surface area (Å²) in [7, 11) is 0. The Hall–Kier alpha value is -0.570. The topological polar surface area (TPSA) is 55.1 Å². The van der Waals surface area contributed by atoms with E-state index in [1.54, 1.807) is 0 Å². The standard InChI is InChI=1S/C15H28N2O/c1-2-13(9-10-16)17-15(18)14(11-5-3-6-11)12-7-4-8-12/h11-14H,2-10,16H2,1H3,(H,17,18). The van der Waals surface area contributed by atoms with Crippen LogP contribution in [0.15, 0.2) is 0 Å². The van der Waals surface area contributed by atoms with Gasteiger partial charge in [0.1, 0.15) is 0 Å². The Labute approximate surface area is 111 Å². The molecule has 1 atom stereocenters. The number of amides is 1. The smallest absolute Gasteiger partial charge is 0.223 e. The lowest BCUT2D eigenvalue weighted by atomic mass is 9.64. The van der Waals surface area contributed by atoms with Crippen molar-refractivity contribution in [1.29, 1.82) is 0 Å². The fourth-order valence-corrected chi connectivity index (χ4v) is 3.29. The minimum atomic E-state index is 0.283. The number of nitrogens with one attached hydrogen (secondary N) is 1. The zero-order valence-corrected chi connectivity index (χ0v) is 11.7. The van der Waals surface area contributed by atoms with Gasteiger partial charge in [-0.1, -0.05) is 19.8 Å². The van der Waals surface area contributed by atoms with Crippen LogP contribution in [0.3, 0.4) is 0 Å². The molecule has 0 bridgehead atoms. The number of nitrogens with two attached hydrogens (primary N) is 1. The van der Waals surface area contributed by atoms with E-state index in [-0.39, 0.29) is 6.04 Å². The second kappa shape index (κ2) is 6.55. The lowest BCUT2D eigenvalue weighted by Gasteiger charge is -2.42. The van der Waals surface area contributed by atoms with E-state index in [1.165, 1.54) is 38.5 Å². The third-order valence-corrected chi connectivity index (χ3v) is 4.97. The highest BCUT2D eigenvalue weighted by Crippen LogP contribution is 2.44. The second-order valence-corrected chi connectivity index (χ2v) is 6.10. The SMILES string of the molecule is CCC(CCN)NC(=O)C(C1CCC1)C1CCC1. The molecule has 0 saturated heterocycles. The van der Waals surface area contributed by atoms with Crippen molar-refractivity contribution < 1.29 is 4.79 Å². The van der Waals surface area contributed by atoms with Gasteiger partial charge in [0.25, 0.3) is 0 Å². The lowest BCUT2D eigenvalue weighted by Crippen LogP contribution is -2.47. The van der Waals surface area contributed by atoms with Gasteiger partial charge in [-0.2, -0.15) is 0 Å². The van der Waals surface area contributed by atoms with Crippen molar-refractivity contribution >= 4 is 5.91 Å². The molecule has 0 spiro atoms. The summed E-state index contributed by atoms with van der Waals surface area (Å²) in [5, 5.41) is 3.25. The van der Waals surface area contributed by atoms with Gasteiger partial charge in [-0.25, -0.2) is 0 Å². The van der Waals surface area contributed by atoms with Crippen LogP contribution in [0.5, 0.6) is 0 Å². The maximum atomic E-state index is 12.5. The van der Waals surface area contributed by atoms with Gasteiger partial charge in [0.05, 0.1) is 0 Å². The van der Waals surface area contributed by atoms with Crippen LogP contribution in [0.1, 0.15) is 58.3 Å². The van der Waals surface area contributed by atoms with Crippen molar-refractivity contribution in [3.63, 3.8) is 0 Å². The molecule has 0 radical (unpaired) electrons. The Bertz CT molecular complexity index is 258. The molecule has 1 unspecified atom stereocenters. The minimum absolute atomic E-state index is 0.283. The van der Waals surface area contributed by atoms with Gasteiger partial charge >= 0.3 is 0 Å². The van der Waals surface area contributed by atoms with Gasteiger partial charge in [0.2, 0.25) is 5.91 Å². The van der Waals surface area contributed by atoms with E-state index in [2.05, 4.69) is 12.2 Å². The Morgan fingerprint density at radius 2 is 1.78 bits per heavy atom. The monoisotopic (exact) mass is 252 g/mol. The summed E-state index contributed by atoms with van der Waals surface area (Å²) < 4.78 is 0. The summed E-state index contributed by atoms with van der Waals surface area (Å²) in [6.07, 6.45) is 9.60. The van der Waals surface area contributed by atoms with Crippen LogP contribution < -0.4 is 11.1 Å². The molecule has 2 fully saturated rings.